The number of rotatable bonds is 7. The zero-order chi connectivity index (χ0) is 15.6. The Labute approximate surface area is 130 Å². The highest BCUT2D eigenvalue weighted by molar-refractivity contribution is 5.79. The van der Waals surface area contributed by atoms with Crippen LogP contribution in [0.4, 0.5) is 0 Å². The largest absolute Gasteiger partial charge is 0.395 e. The maximum atomic E-state index is 8.90. The summed E-state index contributed by atoms with van der Waals surface area (Å²) < 4.78 is 1.90. The van der Waals surface area contributed by atoms with Crippen molar-refractivity contribution < 1.29 is 5.11 Å². The van der Waals surface area contributed by atoms with Crippen LogP contribution in [-0.2, 0) is 13.1 Å². The van der Waals surface area contributed by atoms with E-state index in [0.717, 1.165) is 13.1 Å². The normalized spacial score (nSPS) is 11.5. The third-order valence-corrected chi connectivity index (χ3v) is 3.17. The lowest BCUT2D eigenvalue weighted by atomic mass is 10.1. The van der Waals surface area contributed by atoms with Gasteiger partial charge in [0.25, 0.3) is 0 Å². The van der Waals surface area contributed by atoms with Gasteiger partial charge in [-0.05, 0) is 24.1 Å². The van der Waals surface area contributed by atoms with Crippen LogP contribution >= 0.6 is 0 Å². The molecule has 0 saturated carbocycles. The lowest BCUT2D eigenvalue weighted by Crippen LogP contribution is -2.38. The first-order valence-corrected chi connectivity index (χ1v) is 7.50. The number of aliphatic imine (C=N–C) groups is 1. The highest BCUT2D eigenvalue weighted by Gasteiger charge is 2.03. The van der Waals surface area contributed by atoms with Gasteiger partial charge in [-0.2, -0.15) is 5.10 Å². The molecule has 0 aliphatic heterocycles. The fourth-order valence-corrected chi connectivity index (χ4v) is 2.11. The number of nitrogens with zero attached hydrogens (tertiary/aromatic N) is 3. The summed E-state index contributed by atoms with van der Waals surface area (Å²) in [6.45, 7) is 4.69. The summed E-state index contributed by atoms with van der Waals surface area (Å²) in [6.07, 6.45) is 3.73. The molecular formula is C16H23N5O. The minimum Gasteiger partial charge on any atom is -0.395 e. The molecule has 2 aromatic rings. The molecule has 0 aliphatic carbocycles. The minimum atomic E-state index is 0.0836. The fraction of sp³-hybridized carbons (Fsp3) is 0.375. The lowest BCUT2D eigenvalue weighted by Gasteiger charge is -2.11. The van der Waals surface area contributed by atoms with Crippen molar-refractivity contribution in [3.05, 3.63) is 53.9 Å². The SMILES string of the molecule is CCNC(=NCc1ccccc1Cn1cccn1)NCCO. The number of nitrogens with one attached hydrogen (secondary N) is 2. The number of aliphatic hydroxyl groups is 1. The molecule has 0 bridgehead atoms. The Morgan fingerprint density at radius 3 is 2.73 bits per heavy atom. The predicted octanol–water partition coefficient (Wildman–Crippen LogP) is 0.979. The quantitative estimate of drug-likeness (QED) is 0.526. The van der Waals surface area contributed by atoms with E-state index in [-0.39, 0.29) is 6.61 Å². The monoisotopic (exact) mass is 301 g/mol. The zero-order valence-corrected chi connectivity index (χ0v) is 12.9. The number of aliphatic hydroxyl groups excluding tert-OH is 1. The van der Waals surface area contributed by atoms with Gasteiger partial charge in [-0.1, -0.05) is 24.3 Å². The van der Waals surface area contributed by atoms with Crippen LogP contribution in [0.3, 0.4) is 0 Å². The topological polar surface area (TPSA) is 74.5 Å². The Bertz CT molecular complexity index is 580. The molecule has 22 heavy (non-hydrogen) atoms. The number of hydrogen-bond donors (Lipinski definition) is 3. The highest BCUT2D eigenvalue weighted by atomic mass is 16.3. The van der Waals surface area contributed by atoms with Gasteiger partial charge in [0.05, 0.1) is 19.7 Å². The molecule has 1 aromatic heterocycles. The smallest absolute Gasteiger partial charge is 0.191 e. The summed E-state index contributed by atoms with van der Waals surface area (Å²) >= 11 is 0. The van der Waals surface area contributed by atoms with Crippen molar-refractivity contribution in [3.63, 3.8) is 0 Å². The van der Waals surface area contributed by atoms with Crippen LogP contribution in [0.5, 0.6) is 0 Å². The van der Waals surface area contributed by atoms with Crippen molar-refractivity contribution in [1.29, 1.82) is 0 Å². The molecule has 3 N–H and O–H groups in total. The Morgan fingerprint density at radius 1 is 1.23 bits per heavy atom. The number of benzene rings is 1. The van der Waals surface area contributed by atoms with Gasteiger partial charge >= 0.3 is 0 Å². The van der Waals surface area contributed by atoms with Crippen molar-refractivity contribution in [3.8, 4) is 0 Å². The Morgan fingerprint density at radius 2 is 2.05 bits per heavy atom. The second-order valence-corrected chi connectivity index (χ2v) is 4.82. The lowest BCUT2D eigenvalue weighted by molar-refractivity contribution is 0.300. The van der Waals surface area contributed by atoms with Crippen LogP contribution in [0, 0.1) is 0 Å². The van der Waals surface area contributed by atoms with Gasteiger partial charge in [-0.15, -0.1) is 0 Å². The van der Waals surface area contributed by atoms with Crippen LogP contribution in [0.25, 0.3) is 0 Å². The summed E-state index contributed by atoms with van der Waals surface area (Å²) in [5.74, 6) is 0.713. The first-order valence-electron chi connectivity index (χ1n) is 7.50. The predicted molar refractivity (Wildman–Crippen MR) is 87.7 cm³/mol. The number of hydrogen-bond acceptors (Lipinski definition) is 3. The molecule has 0 atom stereocenters. The second kappa shape index (κ2) is 8.84. The minimum absolute atomic E-state index is 0.0836. The molecule has 6 heteroatoms. The van der Waals surface area contributed by atoms with E-state index >= 15 is 0 Å². The van der Waals surface area contributed by atoms with Gasteiger partial charge in [0.15, 0.2) is 5.96 Å². The molecule has 0 aliphatic rings. The van der Waals surface area contributed by atoms with E-state index in [9.17, 15) is 0 Å². The average Bonchev–Trinajstić information content (AvgIpc) is 3.04. The average molecular weight is 301 g/mol. The molecule has 0 amide bonds. The summed E-state index contributed by atoms with van der Waals surface area (Å²) in [5.41, 5.74) is 2.37. The third-order valence-electron chi connectivity index (χ3n) is 3.17. The van der Waals surface area contributed by atoms with Crippen molar-refractivity contribution in [2.45, 2.75) is 20.0 Å². The van der Waals surface area contributed by atoms with Gasteiger partial charge in [0.1, 0.15) is 0 Å². The van der Waals surface area contributed by atoms with Crippen molar-refractivity contribution in [1.82, 2.24) is 20.4 Å². The Hall–Kier alpha value is -2.34. The van der Waals surface area contributed by atoms with E-state index in [1.54, 1.807) is 6.20 Å². The molecule has 2 rings (SSSR count). The van der Waals surface area contributed by atoms with Gasteiger partial charge in [0, 0.05) is 25.5 Å². The van der Waals surface area contributed by atoms with Crippen LogP contribution < -0.4 is 10.6 Å². The molecular weight excluding hydrogens is 278 g/mol. The van der Waals surface area contributed by atoms with Gasteiger partial charge in [0.2, 0.25) is 0 Å². The van der Waals surface area contributed by atoms with Crippen LogP contribution in [-0.4, -0.2) is 40.5 Å². The molecule has 0 spiro atoms. The van der Waals surface area contributed by atoms with E-state index in [4.69, 9.17) is 5.11 Å². The number of guanidine groups is 1. The maximum absolute atomic E-state index is 8.90. The molecule has 118 valence electrons. The van der Waals surface area contributed by atoms with E-state index < -0.39 is 0 Å². The molecule has 0 radical (unpaired) electrons. The summed E-state index contributed by atoms with van der Waals surface area (Å²) in [7, 11) is 0. The first kappa shape index (κ1) is 16.0. The van der Waals surface area contributed by atoms with Gasteiger partial charge in [-0.3, -0.25) is 4.68 Å². The molecule has 1 aromatic carbocycles. The molecule has 6 nitrogen and oxygen atoms in total. The number of aromatic nitrogens is 2. The summed E-state index contributed by atoms with van der Waals surface area (Å²) in [5, 5.41) is 19.4. The van der Waals surface area contributed by atoms with E-state index in [1.165, 1.54) is 11.1 Å². The van der Waals surface area contributed by atoms with E-state index in [0.29, 0.717) is 19.0 Å². The molecule has 0 unspecified atom stereocenters. The van der Waals surface area contributed by atoms with Crippen LogP contribution in [0.1, 0.15) is 18.1 Å². The second-order valence-electron chi connectivity index (χ2n) is 4.82. The van der Waals surface area contributed by atoms with Gasteiger partial charge in [-0.25, -0.2) is 4.99 Å². The Balaban J connectivity index is 2.07. The van der Waals surface area contributed by atoms with Crippen molar-refractivity contribution in [2.75, 3.05) is 19.7 Å². The van der Waals surface area contributed by atoms with Gasteiger partial charge < -0.3 is 15.7 Å². The maximum Gasteiger partial charge on any atom is 0.191 e. The summed E-state index contributed by atoms with van der Waals surface area (Å²) in [6, 6.07) is 10.1. The van der Waals surface area contributed by atoms with Crippen LogP contribution in [0.2, 0.25) is 0 Å². The third kappa shape index (κ3) is 4.89. The standard InChI is InChI=1S/C16H23N5O/c1-2-17-16(18-9-11-22)19-12-14-6-3-4-7-15(14)13-21-10-5-8-20-21/h3-8,10,22H,2,9,11-13H2,1H3,(H2,17,18,19). The molecule has 1 heterocycles. The first-order chi connectivity index (χ1) is 10.8. The van der Waals surface area contributed by atoms with Crippen molar-refractivity contribution in [2.24, 2.45) is 4.99 Å². The summed E-state index contributed by atoms with van der Waals surface area (Å²) in [4.78, 5) is 4.56. The van der Waals surface area contributed by atoms with Crippen LogP contribution in [0.15, 0.2) is 47.7 Å². The molecule has 0 saturated heterocycles. The van der Waals surface area contributed by atoms with E-state index in [2.05, 4.69) is 32.9 Å². The highest BCUT2D eigenvalue weighted by Crippen LogP contribution is 2.11. The zero-order valence-electron chi connectivity index (χ0n) is 12.9. The molecule has 0 fully saturated rings. The fourth-order valence-electron chi connectivity index (χ4n) is 2.11. The van der Waals surface area contributed by atoms with Crippen molar-refractivity contribution >= 4 is 5.96 Å². The van der Waals surface area contributed by atoms with E-state index in [1.807, 2.05) is 36.0 Å². The Kier molecular flexibility index (Phi) is 6.44.